The maximum Gasteiger partial charge on any atom is 0.223 e. The number of hydrogen-bond acceptors (Lipinski definition) is 3. The number of ketones is 1. The summed E-state index contributed by atoms with van der Waals surface area (Å²) in [6.45, 7) is 6.46. The molecule has 4 heteroatoms. The monoisotopic (exact) mass is 377 g/mol. The Kier molecular flexibility index (Phi) is 6.77. The lowest BCUT2D eigenvalue weighted by atomic mass is 9.89. The molecule has 0 unspecified atom stereocenters. The van der Waals surface area contributed by atoms with Crippen LogP contribution in [0, 0.1) is 0 Å². The Morgan fingerprint density at radius 3 is 2.25 bits per heavy atom. The molecule has 0 radical (unpaired) electrons. The van der Waals surface area contributed by atoms with Crippen molar-refractivity contribution in [3.63, 3.8) is 0 Å². The highest BCUT2D eigenvalue weighted by atomic mass is 16.5. The first-order valence-corrected chi connectivity index (χ1v) is 9.79. The molecule has 1 amide bonds. The molecule has 0 aliphatic carbocycles. The molecule has 2 aromatic rings. The molecule has 1 aliphatic heterocycles. The van der Waals surface area contributed by atoms with Gasteiger partial charge >= 0.3 is 0 Å². The van der Waals surface area contributed by atoms with Gasteiger partial charge in [0, 0.05) is 30.6 Å². The van der Waals surface area contributed by atoms with Crippen LogP contribution in [0.5, 0.6) is 0 Å². The van der Waals surface area contributed by atoms with E-state index in [1.54, 1.807) is 0 Å². The summed E-state index contributed by atoms with van der Waals surface area (Å²) < 4.78 is 5.32. The first kappa shape index (κ1) is 20.0. The van der Waals surface area contributed by atoms with Crippen molar-refractivity contribution in [3.05, 3.63) is 76.9 Å². The molecule has 1 aliphatic rings. The van der Waals surface area contributed by atoms with Gasteiger partial charge < -0.3 is 9.64 Å². The quantitative estimate of drug-likeness (QED) is 0.561. The Morgan fingerprint density at radius 1 is 0.929 bits per heavy atom. The van der Waals surface area contributed by atoms with E-state index in [9.17, 15) is 9.59 Å². The average Bonchev–Trinajstić information content (AvgIpc) is 2.74. The van der Waals surface area contributed by atoms with Gasteiger partial charge in [-0.3, -0.25) is 9.59 Å². The van der Waals surface area contributed by atoms with Gasteiger partial charge in [-0.2, -0.15) is 0 Å². The fraction of sp³-hybridized carbons (Fsp3) is 0.333. The number of rotatable bonds is 6. The van der Waals surface area contributed by atoms with Crippen LogP contribution >= 0.6 is 0 Å². The number of morpholine rings is 1. The highest BCUT2D eigenvalue weighted by Crippen LogP contribution is 2.27. The highest BCUT2D eigenvalue weighted by molar-refractivity contribution is 6.29. The lowest BCUT2D eigenvalue weighted by Gasteiger charge is -2.27. The zero-order valence-corrected chi connectivity index (χ0v) is 16.6. The molecule has 0 spiro atoms. The van der Waals surface area contributed by atoms with E-state index in [1.165, 1.54) is 0 Å². The van der Waals surface area contributed by atoms with Gasteiger partial charge in [0.05, 0.1) is 13.2 Å². The summed E-state index contributed by atoms with van der Waals surface area (Å²) in [6.07, 6.45) is 1.05. The molecule has 2 aromatic carbocycles. The molecule has 4 nitrogen and oxygen atoms in total. The number of Topliss-reactive ketones (excluding diaryl/α,β-unsaturated/α-hetero) is 1. The van der Waals surface area contributed by atoms with Gasteiger partial charge in [0.15, 0.2) is 5.78 Å². The van der Waals surface area contributed by atoms with Crippen molar-refractivity contribution in [2.75, 3.05) is 26.3 Å². The van der Waals surface area contributed by atoms with Gasteiger partial charge in [-0.1, -0.05) is 60.2 Å². The molecule has 3 rings (SSSR count). The van der Waals surface area contributed by atoms with Gasteiger partial charge in [-0.05, 0) is 31.4 Å². The predicted molar refractivity (Wildman–Crippen MR) is 111 cm³/mol. The third-order valence-corrected chi connectivity index (χ3v) is 5.02. The lowest BCUT2D eigenvalue weighted by molar-refractivity contribution is -0.135. The third-order valence-electron chi connectivity index (χ3n) is 5.02. The fourth-order valence-corrected chi connectivity index (χ4v) is 3.55. The summed E-state index contributed by atoms with van der Waals surface area (Å²) in [5.74, 6) is 0.166. The largest absolute Gasteiger partial charge is 0.378 e. The van der Waals surface area contributed by atoms with Crippen LogP contribution in [-0.2, 0) is 16.0 Å². The topological polar surface area (TPSA) is 46.6 Å². The van der Waals surface area contributed by atoms with E-state index < -0.39 is 0 Å². The maximum absolute atomic E-state index is 13.2. The molecule has 0 N–H and O–H groups in total. The minimum atomic E-state index is 0.0209. The Hall–Kier alpha value is -2.72. The first-order chi connectivity index (χ1) is 13.6. The minimum absolute atomic E-state index is 0.0209. The van der Waals surface area contributed by atoms with Crippen molar-refractivity contribution in [1.29, 1.82) is 0 Å². The number of hydrogen-bond donors (Lipinski definition) is 0. The summed E-state index contributed by atoms with van der Waals surface area (Å²) in [5.41, 5.74) is 4.33. The maximum atomic E-state index is 13.2. The second-order valence-electron chi connectivity index (χ2n) is 7.22. The van der Waals surface area contributed by atoms with Crippen LogP contribution < -0.4 is 0 Å². The molecular formula is C24H27NO3. The van der Waals surface area contributed by atoms with Crippen molar-refractivity contribution in [2.45, 2.75) is 26.7 Å². The van der Waals surface area contributed by atoms with Crippen LogP contribution in [0.1, 0.15) is 41.8 Å². The van der Waals surface area contributed by atoms with Gasteiger partial charge in [-0.25, -0.2) is 0 Å². The van der Waals surface area contributed by atoms with Crippen molar-refractivity contribution >= 4 is 17.3 Å². The normalized spacial score (nSPS) is 13.9. The number of carbonyl (C=O) groups excluding carboxylic acids is 2. The fourth-order valence-electron chi connectivity index (χ4n) is 3.55. The van der Waals surface area contributed by atoms with Crippen molar-refractivity contribution in [3.8, 4) is 0 Å². The van der Waals surface area contributed by atoms with E-state index in [-0.39, 0.29) is 11.7 Å². The van der Waals surface area contributed by atoms with Gasteiger partial charge in [0.1, 0.15) is 0 Å². The summed E-state index contributed by atoms with van der Waals surface area (Å²) in [7, 11) is 0. The van der Waals surface area contributed by atoms with Crippen LogP contribution in [-0.4, -0.2) is 42.9 Å². The van der Waals surface area contributed by atoms with E-state index >= 15 is 0 Å². The Labute approximate surface area is 166 Å². The summed E-state index contributed by atoms with van der Waals surface area (Å²) in [6, 6.07) is 17.3. The molecule has 0 bridgehead atoms. The summed E-state index contributed by atoms with van der Waals surface area (Å²) in [4.78, 5) is 27.6. The van der Waals surface area contributed by atoms with Crippen LogP contribution in [0.15, 0.2) is 60.2 Å². The van der Waals surface area contributed by atoms with Gasteiger partial charge in [-0.15, -0.1) is 0 Å². The molecule has 146 valence electrons. The van der Waals surface area contributed by atoms with Gasteiger partial charge in [0.2, 0.25) is 5.91 Å². The van der Waals surface area contributed by atoms with E-state index in [4.69, 9.17) is 4.74 Å². The second kappa shape index (κ2) is 9.47. The number of benzene rings is 2. The smallest absolute Gasteiger partial charge is 0.223 e. The molecular weight excluding hydrogens is 350 g/mol. The Morgan fingerprint density at radius 2 is 1.57 bits per heavy atom. The van der Waals surface area contributed by atoms with Gasteiger partial charge in [0.25, 0.3) is 0 Å². The Bertz CT molecular complexity index is 860. The van der Waals surface area contributed by atoms with Crippen LogP contribution in [0.2, 0.25) is 0 Å². The van der Waals surface area contributed by atoms with E-state index in [1.807, 2.05) is 73.3 Å². The van der Waals surface area contributed by atoms with E-state index in [0.29, 0.717) is 44.7 Å². The molecule has 1 heterocycles. The molecule has 1 saturated heterocycles. The first-order valence-electron chi connectivity index (χ1n) is 9.79. The summed E-state index contributed by atoms with van der Waals surface area (Å²) >= 11 is 0. The molecule has 0 saturated carbocycles. The van der Waals surface area contributed by atoms with Crippen LogP contribution in [0.4, 0.5) is 0 Å². The standard InChI is InChI=1S/C24H27NO3/c1-18(2)23(24(27)20-9-4-3-5-10-20)21-11-7-6-8-19(21)12-13-22(26)25-14-16-28-17-15-25/h3-11H,12-17H2,1-2H3. The van der Waals surface area contributed by atoms with Crippen molar-refractivity contribution in [1.82, 2.24) is 4.90 Å². The third kappa shape index (κ3) is 4.76. The zero-order chi connectivity index (χ0) is 19.9. The van der Waals surface area contributed by atoms with Crippen LogP contribution in [0.25, 0.3) is 5.57 Å². The van der Waals surface area contributed by atoms with Crippen LogP contribution in [0.3, 0.4) is 0 Å². The Balaban J connectivity index is 1.82. The van der Waals surface area contributed by atoms with E-state index in [2.05, 4.69) is 0 Å². The van der Waals surface area contributed by atoms with E-state index in [0.717, 1.165) is 22.3 Å². The zero-order valence-electron chi connectivity index (χ0n) is 16.6. The highest BCUT2D eigenvalue weighted by Gasteiger charge is 2.20. The molecule has 28 heavy (non-hydrogen) atoms. The number of aryl methyl sites for hydroxylation is 1. The second-order valence-corrected chi connectivity index (χ2v) is 7.22. The minimum Gasteiger partial charge on any atom is -0.378 e. The molecule has 1 fully saturated rings. The lowest BCUT2D eigenvalue weighted by Crippen LogP contribution is -2.40. The number of ether oxygens (including phenoxy) is 1. The summed E-state index contributed by atoms with van der Waals surface area (Å²) in [5, 5.41) is 0. The number of carbonyl (C=O) groups is 2. The van der Waals surface area contributed by atoms with Crippen molar-refractivity contribution < 1.29 is 14.3 Å². The SMILES string of the molecule is CC(C)=C(C(=O)c1ccccc1)c1ccccc1CCC(=O)N1CCOCC1. The molecule has 0 aromatic heterocycles. The predicted octanol–water partition coefficient (Wildman–Crippen LogP) is 4.15. The number of nitrogens with zero attached hydrogens (tertiary/aromatic N) is 1. The molecule has 0 atom stereocenters. The number of allylic oxidation sites excluding steroid dienone is 2. The van der Waals surface area contributed by atoms with Crippen molar-refractivity contribution in [2.24, 2.45) is 0 Å². The average molecular weight is 377 g/mol. The number of amides is 1.